The van der Waals surface area contributed by atoms with E-state index >= 15 is 0 Å². The van der Waals surface area contributed by atoms with Gasteiger partial charge in [0.05, 0.1) is 11.8 Å². The van der Waals surface area contributed by atoms with Gasteiger partial charge in [0, 0.05) is 61.9 Å². The minimum Gasteiger partial charge on any atom is -0.354 e. The normalized spacial score (nSPS) is 20.6. The number of hydrogen-bond acceptors (Lipinski definition) is 6. The smallest absolute Gasteiger partial charge is 0.161 e. The molecule has 7 heteroatoms. The van der Waals surface area contributed by atoms with Crippen LogP contribution in [0.15, 0.2) is 61.2 Å². The van der Waals surface area contributed by atoms with E-state index in [1.165, 1.54) is 12.1 Å². The molecule has 4 rings (SSSR count). The van der Waals surface area contributed by atoms with Gasteiger partial charge in [-0.05, 0) is 37.2 Å². The third kappa shape index (κ3) is 5.92. The Morgan fingerprint density at radius 1 is 1.18 bits per heavy atom. The quantitative estimate of drug-likeness (QED) is 0.495. The van der Waals surface area contributed by atoms with Crippen molar-refractivity contribution in [1.29, 1.82) is 5.26 Å². The monoisotopic (exact) mass is 444 g/mol. The second kappa shape index (κ2) is 10.1. The number of nitrogens with one attached hydrogen (secondary N) is 1. The Morgan fingerprint density at radius 2 is 1.91 bits per heavy atom. The number of nitrogens with zero attached hydrogens (tertiary/aromatic N) is 5. The summed E-state index contributed by atoms with van der Waals surface area (Å²) in [4.78, 5) is 14.1. The second-order valence-electron chi connectivity index (χ2n) is 8.71. The predicted octanol–water partition coefficient (Wildman–Crippen LogP) is 3.66. The van der Waals surface area contributed by atoms with Crippen LogP contribution in [-0.2, 0) is 6.54 Å². The van der Waals surface area contributed by atoms with Crippen LogP contribution in [0.1, 0.15) is 29.4 Å². The van der Waals surface area contributed by atoms with Gasteiger partial charge >= 0.3 is 0 Å². The van der Waals surface area contributed by atoms with Crippen molar-refractivity contribution < 1.29 is 4.39 Å². The van der Waals surface area contributed by atoms with Gasteiger partial charge in [0.2, 0.25) is 0 Å². The zero-order valence-electron chi connectivity index (χ0n) is 19.0. The molecule has 2 atom stereocenters. The Kier molecular flexibility index (Phi) is 6.97. The van der Waals surface area contributed by atoms with E-state index in [1.807, 2.05) is 24.3 Å². The summed E-state index contributed by atoms with van der Waals surface area (Å²) in [5.41, 5.74) is 3.05. The molecular formula is C26H29FN6. The van der Waals surface area contributed by atoms with Crippen LogP contribution in [0.4, 0.5) is 10.2 Å². The molecule has 2 fully saturated rings. The SMILES string of the molecule is C=C(C#N)/C=C\C(=C)c1nc(CN[C@@H]2C[C@H]2c2ccc(F)cc2)cc(N2CCN(C)CC2)n1. The third-order valence-corrected chi connectivity index (χ3v) is 6.14. The molecule has 1 saturated heterocycles. The molecule has 2 aromatic rings. The molecule has 2 heterocycles. The molecule has 0 spiro atoms. The predicted molar refractivity (Wildman–Crippen MR) is 129 cm³/mol. The summed E-state index contributed by atoms with van der Waals surface area (Å²) < 4.78 is 13.2. The summed E-state index contributed by atoms with van der Waals surface area (Å²) in [6.07, 6.45) is 4.39. The number of nitriles is 1. The molecule has 1 aliphatic carbocycles. The molecule has 0 bridgehead atoms. The maximum atomic E-state index is 13.2. The fraction of sp³-hybridized carbons (Fsp3) is 0.346. The number of anilines is 1. The van der Waals surface area contributed by atoms with Crippen molar-refractivity contribution in [3.63, 3.8) is 0 Å². The Balaban J connectivity index is 1.48. The highest BCUT2D eigenvalue weighted by Crippen LogP contribution is 2.40. The van der Waals surface area contributed by atoms with Gasteiger partial charge in [0.1, 0.15) is 11.6 Å². The molecule has 1 aromatic heterocycles. The van der Waals surface area contributed by atoms with Crippen molar-refractivity contribution in [2.45, 2.75) is 24.9 Å². The van der Waals surface area contributed by atoms with E-state index in [0.29, 0.717) is 35.5 Å². The van der Waals surface area contributed by atoms with Crippen molar-refractivity contribution >= 4 is 11.4 Å². The summed E-state index contributed by atoms with van der Waals surface area (Å²) in [5.74, 6) is 1.64. The number of piperazine rings is 1. The van der Waals surface area contributed by atoms with Gasteiger partial charge in [0.15, 0.2) is 5.82 Å². The highest BCUT2D eigenvalue weighted by atomic mass is 19.1. The van der Waals surface area contributed by atoms with Gasteiger partial charge in [-0.15, -0.1) is 0 Å². The second-order valence-corrected chi connectivity index (χ2v) is 8.71. The molecule has 1 saturated carbocycles. The van der Waals surface area contributed by atoms with Crippen LogP contribution in [0.5, 0.6) is 0 Å². The summed E-state index contributed by atoms with van der Waals surface area (Å²) in [5, 5.41) is 12.5. The van der Waals surface area contributed by atoms with Crippen LogP contribution < -0.4 is 10.2 Å². The minimum atomic E-state index is -0.207. The van der Waals surface area contributed by atoms with Gasteiger partial charge in [-0.3, -0.25) is 0 Å². The Bertz CT molecular complexity index is 1090. The standard InChI is InChI=1S/C26H29FN6/c1-18(16-28)4-5-19(2)26-30-22(14-25(31-26)33-12-10-32(3)11-13-33)17-29-24-15-23(24)20-6-8-21(27)9-7-20/h4-9,14,23-24,29H,1-2,10-13,15,17H2,3H3/b5-4-/t23-,24+/m0/s1. The van der Waals surface area contributed by atoms with Crippen LogP contribution in [0.2, 0.25) is 0 Å². The molecule has 33 heavy (non-hydrogen) atoms. The van der Waals surface area contributed by atoms with Crippen LogP contribution in [0, 0.1) is 17.1 Å². The molecule has 2 aliphatic rings. The summed E-state index contributed by atoms with van der Waals surface area (Å²) in [7, 11) is 2.12. The highest BCUT2D eigenvalue weighted by molar-refractivity contribution is 5.69. The molecule has 0 radical (unpaired) electrons. The maximum absolute atomic E-state index is 13.2. The average Bonchev–Trinajstić information content (AvgIpc) is 3.61. The van der Waals surface area contributed by atoms with E-state index in [2.05, 4.69) is 35.3 Å². The number of likely N-dealkylation sites (N-methyl/N-ethyl adjacent to an activating group) is 1. The lowest BCUT2D eigenvalue weighted by Gasteiger charge is -2.33. The number of halogens is 1. The number of benzene rings is 1. The van der Waals surface area contributed by atoms with E-state index in [0.717, 1.165) is 49.7 Å². The molecule has 170 valence electrons. The average molecular weight is 445 g/mol. The maximum Gasteiger partial charge on any atom is 0.161 e. The fourth-order valence-corrected chi connectivity index (χ4v) is 3.96. The van der Waals surface area contributed by atoms with Gasteiger partial charge in [-0.1, -0.05) is 31.4 Å². The molecule has 6 nitrogen and oxygen atoms in total. The lowest BCUT2D eigenvalue weighted by atomic mass is 10.1. The third-order valence-electron chi connectivity index (χ3n) is 6.14. The molecule has 1 N–H and O–H groups in total. The minimum absolute atomic E-state index is 0.207. The fourth-order valence-electron chi connectivity index (χ4n) is 3.96. The molecule has 1 aliphatic heterocycles. The van der Waals surface area contributed by atoms with Gasteiger partial charge in [-0.25, -0.2) is 14.4 Å². The first-order chi connectivity index (χ1) is 15.9. The molecule has 0 unspecified atom stereocenters. The Labute approximate surface area is 194 Å². The largest absolute Gasteiger partial charge is 0.354 e. The number of aromatic nitrogens is 2. The van der Waals surface area contributed by atoms with Crippen molar-refractivity contribution in [3.8, 4) is 6.07 Å². The van der Waals surface area contributed by atoms with Crippen LogP contribution in [0.3, 0.4) is 0 Å². The topological polar surface area (TPSA) is 68.1 Å². The van der Waals surface area contributed by atoms with E-state index in [-0.39, 0.29) is 5.82 Å². The first-order valence-corrected chi connectivity index (χ1v) is 11.2. The van der Waals surface area contributed by atoms with E-state index in [9.17, 15) is 4.39 Å². The lowest BCUT2D eigenvalue weighted by Crippen LogP contribution is -2.45. The van der Waals surface area contributed by atoms with Crippen molar-refractivity contribution in [2.75, 3.05) is 38.1 Å². The lowest BCUT2D eigenvalue weighted by molar-refractivity contribution is 0.312. The van der Waals surface area contributed by atoms with E-state index in [1.54, 1.807) is 12.2 Å². The van der Waals surface area contributed by atoms with Crippen molar-refractivity contribution in [3.05, 3.63) is 84.1 Å². The van der Waals surface area contributed by atoms with Crippen LogP contribution in [-0.4, -0.2) is 54.1 Å². The van der Waals surface area contributed by atoms with Crippen LogP contribution >= 0.6 is 0 Å². The number of hydrogen-bond donors (Lipinski definition) is 1. The van der Waals surface area contributed by atoms with E-state index < -0.39 is 0 Å². The van der Waals surface area contributed by atoms with E-state index in [4.69, 9.17) is 15.2 Å². The zero-order valence-corrected chi connectivity index (χ0v) is 19.0. The number of rotatable bonds is 8. The summed E-state index contributed by atoms with van der Waals surface area (Å²) in [6, 6.07) is 11.2. The Hall–Kier alpha value is -3.34. The van der Waals surface area contributed by atoms with Crippen molar-refractivity contribution in [2.24, 2.45) is 0 Å². The Morgan fingerprint density at radius 3 is 2.61 bits per heavy atom. The first-order valence-electron chi connectivity index (χ1n) is 11.2. The van der Waals surface area contributed by atoms with Gasteiger partial charge in [0.25, 0.3) is 0 Å². The van der Waals surface area contributed by atoms with Crippen LogP contribution in [0.25, 0.3) is 5.57 Å². The highest BCUT2D eigenvalue weighted by Gasteiger charge is 2.37. The van der Waals surface area contributed by atoms with Crippen molar-refractivity contribution in [1.82, 2.24) is 20.2 Å². The van der Waals surface area contributed by atoms with Gasteiger partial charge < -0.3 is 15.1 Å². The molecular weight excluding hydrogens is 415 g/mol. The first kappa shape index (κ1) is 22.8. The molecule has 1 aromatic carbocycles. The zero-order chi connectivity index (χ0) is 23.4. The number of allylic oxidation sites excluding steroid dienone is 4. The summed E-state index contributed by atoms with van der Waals surface area (Å²) >= 11 is 0. The molecule has 0 amide bonds. The van der Waals surface area contributed by atoms with Gasteiger partial charge in [-0.2, -0.15) is 5.26 Å². The summed E-state index contributed by atoms with van der Waals surface area (Å²) in [6.45, 7) is 12.2.